The molecule has 1 amide bonds. The third-order valence-corrected chi connectivity index (χ3v) is 5.01. The summed E-state index contributed by atoms with van der Waals surface area (Å²) >= 11 is 0. The van der Waals surface area contributed by atoms with Crippen molar-refractivity contribution in [2.24, 2.45) is 0 Å². The van der Waals surface area contributed by atoms with Gasteiger partial charge in [-0.2, -0.15) is 0 Å². The molecule has 4 nitrogen and oxygen atoms in total. The lowest BCUT2D eigenvalue weighted by atomic mass is 10.0. The van der Waals surface area contributed by atoms with Gasteiger partial charge in [-0.15, -0.1) is 0 Å². The van der Waals surface area contributed by atoms with E-state index in [9.17, 15) is 4.79 Å². The minimum Gasteiger partial charge on any atom is -0.360 e. The summed E-state index contributed by atoms with van der Waals surface area (Å²) < 4.78 is 0. The van der Waals surface area contributed by atoms with Crippen LogP contribution in [-0.2, 0) is 6.54 Å². The van der Waals surface area contributed by atoms with Gasteiger partial charge < -0.3 is 10.3 Å². The van der Waals surface area contributed by atoms with Crippen LogP contribution >= 0.6 is 0 Å². The summed E-state index contributed by atoms with van der Waals surface area (Å²) in [4.78, 5) is 18.2. The topological polar surface area (TPSA) is 48.1 Å². The van der Waals surface area contributed by atoms with Gasteiger partial charge in [-0.25, -0.2) is 0 Å². The Morgan fingerprint density at radius 2 is 1.76 bits per heavy atom. The van der Waals surface area contributed by atoms with Crippen LogP contribution in [0.3, 0.4) is 0 Å². The molecule has 1 fully saturated rings. The average Bonchev–Trinajstić information content (AvgIpc) is 3.08. The fraction of sp³-hybridized carbons (Fsp3) is 0.286. The van der Waals surface area contributed by atoms with E-state index in [0.29, 0.717) is 0 Å². The maximum Gasteiger partial charge on any atom is 0.253 e. The molecule has 0 unspecified atom stereocenters. The van der Waals surface area contributed by atoms with E-state index < -0.39 is 0 Å². The number of nitrogens with one attached hydrogen (secondary N) is 2. The number of benzene rings is 2. The Balaban J connectivity index is 1.33. The number of H-pyrrole nitrogens is 1. The van der Waals surface area contributed by atoms with Gasteiger partial charge in [0, 0.05) is 42.8 Å². The molecule has 1 aliphatic heterocycles. The summed E-state index contributed by atoms with van der Waals surface area (Å²) in [6.07, 6.45) is 3.81. The van der Waals surface area contributed by atoms with Crippen LogP contribution in [0, 0.1) is 0 Å². The van der Waals surface area contributed by atoms with Gasteiger partial charge in [-0.05, 0) is 24.5 Å². The van der Waals surface area contributed by atoms with Crippen molar-refractivity contribution in [3.05, 3.63) is 71.9 Å². The van der Waals surface area contributed by atoms with Crippen LogP contribution in [0.2, 0.25) is 0 Å². The van der Waals surface area contributed by atoms with Crippen LogP contribution in [0.15, 0.2) is 60.8 Å². The third kappa shape index (κ3) is 3.59. The molecule has 4 rings (SSSR count). The fourth-order valence-electron chi connectivity index (χ4n) is 3.60. The predicted octanol–water partition coefficient (Wildman–Crippen LogP) is 3.56. The highest BCUT2D eigenvalue weighted by atomic mass is 16.1. The molecule has 0 bridgehead atoms. The number of hydrogen-bond donors (Lipinski definition) is 2. The van der Waals surface area contributed by atoms with E-state index in [1.165, 1.54) is 5.56 Å². The van der Waals surface area contributed by atoms with Crippen molar-refractivity contribution in [2.45, 2.75) is 25.4 Å². The number of aromatic nitrogens is 1. The van der Waals surface area contributed by atoms with Crippen LogP contribution in [0.5, 0.6) is 0 Å². The Morgan fingerprint density at radius 1 is 1.04 bits per heavy atom. The molecule has 2 heterocycles. The van der Waals surface area contributed by atoms with Crippen molar-refractivity contribution in [3.63, 3.8) is 0 Å². The lowest BCUT2D eigenvalue weighted by Crippen LogP contribution is -2.44. The standard InChI is InChI=1S/C21H23N3O/c25-21(19-14-22-20-9-5-4-8-18(19)20)23-17-10-12-24(13-11-17)15-16-6-2-1-3-7-16/h1-9,14,17,22H,10-13,15H2,(H,23,25). The quantitative estimate of drug-likeness (QED) is 0.767. The van der Waals surface area contributed by atoms with Crippen molar-refractivity contribution in [1.29, 1.82) is 0 Å². The van der Waals surface area contributed by atoms with Gasteiger partial charge in [0.2, 0.25) is 0 Å². The van der Waals surface area contributed by atoms with Crippen molar-refractivity contribution in [3.8, 4) is 0 Å². The first kappa shape index (κ1) is 15.9. The van der Waals surface area contributed by atoms with Crippen molar-refractivity contribution < 1.29 is 4.79 Å². The Kier molecular flexibility index (Phi) is 4.53. The molecule has 2 aromatic carbocycles. The normalized spacial score (nSPS) is 16.2. The Morgan fingerprint density at radius 3 is 2.56 bits per heavy atom. The second-order valence-corrected chi connectivity index (χ2v) is 6.76. The second-order valence-electron chi connectivity index (χ2n) is 6.76. The third-order valence-electron chi connectivity index (χ3n) is 5.01. The SMILES string of the molecule is O=C(NC1CCN(Cc2ccccc2)CC1)c1c[nH]c2ccccc12. The van der Waals surface area contributed by atoms with Crippen LogP contribution in [0.4, 0.5) is 0 Å². The van der Waals surface area contributed by atoms with Crippen LogP contribution in [0.25, 0.3) is 10.9 Å². The van der Waals surface area contributed by atoms with Gasteiger partial charge in [-0.1, -0.05) is 48.5 Å². The van der Waals surface area contributed by atoms with E-state index in [4.69, 9.17) is 0 Å². The maximum atomic E-state index is 12.6. The second kappa shape index (κ2) is 7.11. The zero-order valence-electron chi connectivity index (χ0n) is 14.2. The number of aromatic amines is 1. The Bertz CT molecular complexity index is 848. The molecule has 0 spiro atoms. The van der Waals surface area contributed by atoms with Crippen LogP contribution in [-0.4, -0.2) is 34.9 Å². The number of rotatable bonds is 4. The zero-order valence-corrected chi connectivity index (χ0v) is 14.2. The number of amides is 1. The van der Waals surface area contributed by atoms with E-state index in [1.54, 1.807) is 0 Å². The van der Waals surface area contributed by atoms with E-state index in [-0.39, 0.29) is 11.9 Å². The molecule has 0 aliphatic carbocycles. The lowest BCUT2D eigenvalue weighted by molar-refractivity contribution is 0.0910. The number of para-hydroxylation sites is 1. The summed E-state index contributed by atoms with van der Waals surface area (Å²) in [6, 6.07) is 18.8. The summed E-state index contributed by atoms with van der Waals surface area (Å²) in [6.45, 7) is 3.03. The van der Waals surface area contributed by atoms with Gasteiger partial charge in [0.25, 0.3) is 5.91 Å². The molecule has 0 atom stereocenters. The number of piperidine rings is 1. The first-order valence-corrected chi connectivity index (χ1v) is 8.93. The van der Waals surface area contributed by atoms with Crippen molar-refractivity contribution in [1.82, 2.24) is 15.2 Å². The highest BCUT2D eigenvalue weighted by Crippen LogP contribution is 2.19. The first-order valence-electron chi connectivity index (χ1n) is 8.93. The Hall–Kier alpha value is -2.59. The molecule has 1 aliphatic rings. The monoisotopic (exact) mass is 333 g/mol. The summed E-state index contributed by atoms with van der Waals surface area (Å²) in [5.74, 6) is 0.0268. The molecule has 128 valence electrons. The molecular weight excluding hydrogens is 310 g/mol. The summed E-state index contributed by atoms with van der Waals surface area (Å²) in [5, 5.41) is 4.20. The van der Waals surface area contributed by atoms with Gasteiger partial charge in [0.15, 0.2) is 0 Å². The molecule has 0 saturated carbocycles. The molecule has 1 saturated heterocycles. The minimum atomic E-state index is 0.0268. The molecule has 0 radical (unpaired) electrons. The van der Waals surface area contributed by atoms with E-state index >= 15 is 0 Å². The number of nitrogens with zero attached hydrogens (tertiary/aromatic N) is 1. The van der Waals surface area contributed by atoms with Gasteiger partial charge in [0.05, 0.1) is 5.56 Å². The van der Waals surface area contributed by atoms with Crippen molar-refractivity contribution in [2.75, 3.05) is 13.1 Å². The highest BCUT2D eigenvalue weighted by Gasteiger charge is 2.22. The van der Waals surface area contributed by atoms with Crippen LogP contribution in [0.1, 0.15) is 28.8 Å². The first-order chi connectivity index (χ1) is 12.3. The van der Waals surface area contributed by atoms with E-state index in [1.807, 2.05) is 30.5 Å². The van der Waals surface area contributed by atoms with E-state index in [0.717, 1.165) is 48.9 Å². The smallest absolute Gasteiger partial charge is 0.253 e. The molecule has 4 heteroatoms. The summed E-state index contributed by atoms with van der Waals surface area (Å²) in [7, 11) is 0. The number of hydrogen-bond acceptors (Lipinski definition) is 2. The highest BCUT2D eigenvalue weighted by molar-refractivity contribution is 6.06. The van der Waals surface area contributed by atoms with Crippen LogP contribution < -0.4 is 5.32 Å². The number of likely N-dealkylation sites (tertiary alicyclic amines) is 1. The van der Waals surface area contributed by atoms with Gasteiger partial charge in [0.1, 0.15) is 0 Å². The predicted molar refractivity (Wildman–Crippen MR) is 101 cm³/mol. The minimum absolute atomic E-state index is 0.0268. The van der Waals surface area contributed by atoms with E-state index in [2.05, 4.69) is 45.5 Å². The van der Waals surface area contributed by atoms with Gasteiger partial charge >= 0.3 is 0 Å². The fourth-order valence-corrected chi connectivity index (χ4v) is 3.60. The number of carbonyl (C=O) groups is 1. The molecule has 2 N–H and O–H groups in total. The molecule has 1 aromatic heterocycles. The molecule has 3 aromatic rings. The summed E-state index contributed by atoms with van der Waals surface area (Å²) in [5.41, 5.74) is 3.09. The number of fused-ring (bicyclic) bond motifs is 1. The molecule has 25 heavy (non-hydrogen) atoms. The van der Waals surface area contributed by atoms with Crippen molar-refractivity contribution >= 4 is 16.8 Å². The largest absolute Gasteiger partial charge is 0.360 e. The lowest BCUT2D eigenvalue weighted by Gasteiger charge is -2.32. The van der Waals surface area contributed by atoms with Gasteiger partial charge in [-0.3, -0.25) is 9.69 Å². The molecular formula is C21H23N3O. The number of carbonyl (C=O) groups excluding carboxylic acids is 1. The maximum absolute atomic E-state index is 12.6. The average molecular weight is 333 g/mol. The zero-order chi connectivity index (χ0) is 17.1. The Labute approximate surface area is 147 Å².